The van der Waals surface area contributed by atoms with Crippen LogP contribution in [0.1, 0.15) is 22.6 Å². The van der Waals surface area contributed by atoms with Crippen molar-refractivity contribution in [2.24, 2.45) is 0 Å². The molecule has 0 radical (unpaired) electrons. The summed E-state index contributed by atoms with van der Waals surface area (Å²) in [6.07, 6.45) is 1.68. The van der Waals surface area contributed by atoms with Crippen LogP contribution in [0.3, 0.4) is 0 Å². The Morgan fingerprint density at radius 2 is 2.11 bits per heavy atom. The van der Waals surface area contributed by atoms with Crippen molar-refractivity contribution in [3.63, 3.8) is 0 Å². The molecule has 0 spiro atoms. The zero-order valence-electron chi connectivity index (χ0n) is 14.9. The summed E-state index contributed by atoms with van der Waals surface area (Å²) in [5.74, 6) is -0.0262. The van der Waals surface area contributed by atoms with Gasteiger partial charge in [0.25, 0.3) is 5.91 Å². The Hall–Kier alpha value is -2.21. The Labute approximate surface area is 168 Å². The third-order valence-electron chi connectivity index (χ3n) is 4.91. The largest absolute Gasteiger partial charge is 0.372 e. The summed E-state index contributed by atoms with van der Waals surface area (Å²) < 4.78 is 0. The van der Waals surface area contributed by atoms with E-state index in [2.05, 4.69) is 34.0 Å². The summed E-state index contributed by atoms with van der Waals surface area (Å²) in [7, 11) is 2.08. The van der Waals surface area contributed by atoms with Gasteiger partial charge in [-0.3, -0.25) is 4.79 Å². The number of amides is 1. The number of rotatable bonds is 3. The summed E-state index contributed by atoms with van der Waals surface area (Å²) in [4.78, 5) is 14.6. The smallest absolute Gasteiger partial charge is 0.273 e. The van der Waals surface area contributed by atoms with Crippen LogP contribution in [0.4, 0.5) is 5.69 Å². The standard InChI is InChI=1S/C20H20Cl2N4O/c1-26-9-16(15-6-13(21)7-18(22)17(15)10-26)12-3-2-4-14(5-12)25-20(27)19-8-23-11-24-19/h2-8,16,23-24H,9-11H2,1H3,(H,25,27). The number of halogens is 2. The molecule has 3 N–H and O–H groups in total. The molecule has 2 aromatic carbocycles. The van der Waals surface area contributed by atoms with Gasteiger partial charge in [0.15, 0.2) is 0 Å². The van der Waals surface area contributed by atoms with Crippen LogP contribution in [0.15, 0.2) is 48.3 Å². The van der Waals surface area contributed by atoms with Crippen molar-refractivity contribution < 1.29 is 4.79 Å². The van der Waals surface area contributed by atoms with E-state index in [9.17, 15) is 4.79 Å². The molecule has 0 saturated heterocycles. The van der Waals surface area contributed by atoms with Crippen molar-refractivity contribution in [1.29, 1.82) is 0 Å². The monoisotopic (exact) mass is 402 g/mol. The zero-order chi connectivity index (χ0) is 19.0. The average molecular weight is 403 g/mol. The molecule has 2 aliphatic rings. The minimum atomic E-state index is -0.163. The molecule has 2 heterocycles. The van der Waals surface area contributed by atoms with Crippen LogP contribution in [0.5, 0.6) is 0 Å². The number of anilines is 1. The molecule has 0 bridgehead atoms. The van der Waals surface area contributed by atoms with Crippen LogP contribution >= 0.6 is 23.2 Å². The molecule has 1 atom stereocenters. The first-order chi connectivity index (χ1) is 13.0. The van der Waals surface area contributed by atoms with E-state index in [-0.39, 0.29) is 11.8 Å². The Bertz CT molecular complexity index is 928. The van der Waals surface area contributed by atoms with Crippen LogP contribution in [0, 0.1) is 0 Å². The number of carbonyl (C=O) groups excluding carboxylic acids is 1. The molecule has 0 saturated carbocycles. The van der Waals surface area contributed by atoms with E-state index in [0.29, 0.717) is 22.4 Å². The van der Waals surface area contributed by atoms with Crippen molar-refractivity contribution in [3.8, 4) is 0 Å². The van der Waals surface area contributed by atoms with Crippen LogP contribution in [-0.4, -0.2) is 31.1 Å². The lowest BCUT2D eigenvalue weighted by molar-refractivity contribution is -0.113. The summed E-state index contributed by atoms with van der Waals surface area (Å²) in [5, 5.41) is 10.2. The molecular formula is C20H20Cl2N4O. The highest BCUT2D eigenvalue weighted by molar-refractivity contribution is 6.35. The summed E-state index contributed by atoms with van der Waals surface area (Å²) in [6, 6.07) is 11.7. The summed E-state index contributed by atoms with van der Waals surface area (Å²) in [5.41, 5.74) is 4.67. The fourth-order valence-corrected chi connectivity index (χ4v) is 4.23. The normalized spacial score (nSPS) is 18.9. The van der Waals surface area contributed by atoms with Crippen molar-refractivity contribution in [1.82, 2.24) is 15.5 Å². The maximum Gasteiger partial charge on any atom is 0.273 e. The van der Waals surface area contributed by atoms with E-state index in [1.165, 1.54) is 0 Å². The van der Waals surface area contributed by atoms with Crippen LogP contribution in [-0.2, 0) is 11.3 Å². The van der Waals surface area contributed by atoms with Gasteiger partial charge in [0.2, 0.25) is 0 Å². The lowest BCUT2D eigenvalue weighted by atomic mass is 9.84. The maximum atomic E-state index is 12.3. The molecule has 0 aliphatic carbocycles. The van der Waals surface area contributed by atoms with Crippen molar-refractivity contribution in [3.05, 3.63) is 75.0 Å². The molecule has 27 heavy (non-hydrogen) atoms. The molecule has 2 aromatic rings. The molecule has 2 aliphatic heterocycles. The first kappa shape index (κ1) is 18.2. The number of hydrogen-bond donors (Lipinski definition) is 3. The lowest BCUT2D eigenvalue weighted by Crippen LogP contribution is -2.31. The van der Waals surface area contributed by atoms with Crippen molar-refractivity contribution in [2.75, 3.05) is 25.6 Å². The van der Waals surface area contributed by atoms with E-state index < -0.39 is 0 Å². The second-order valence-electron chi connectivity index (χ2n) is 6.90. The highest BCUT2D eigenvalue weighted by atomic mass is 35.5. The van der Waals surface area contributed by atoms with Gasteiger partial charge in [-0.1, -0.05) is 35.3 Å². The van der Waals surface area contributed by atoms with Gasteiger partial charge in [0.1, 0.15) is 5.70 Å². The number of nitrogens with zero attached hydrogens (tertiary/aromatic N) is 1. The van der Waals surface area contributed by atoms with Gasteiger partial charge >= 0.3 is 0 Å². The molecule has 0 aromatic heterocycles. The second kappa shape index (κ2) is 7.43. The minimum absolute atomic E-state index is 0.136. The second-order valence-corrected chi connectivity index (χ2v) is 7.74. The lowest BCUT2D eigenvalue weighted by Gasteiger charge is -2.33. The van der Waals surface area contributed by atoms with E-state index in [1.54, 1.807) is 12.3 Å². The molecule has 4 rings (SSSR count). The molecular weight excluding hydrogens is 383 g/mol. The average Bonchev–Trinajstić information content (AvgIpc) is 3.17. The molecule has 7 heteroatoms. The van der Waals surface area contributed by atoms with Gasteiger partial charge in [-0.25, -0.2) is 0 Å². The predicted octanol–water partition coefficient (Wildman–Crippen LogP) is 3.50. The first-order valence-corrected chi connectivity index (χ1v) is 9.52. The fourth-order valence-electron chi connectivity index (χ4n) is 3.66. The zero-order valence-corrected chi connectivity index (χ0v) is 16.4. The Kier molecular flexibility index (Phi) is 5.00. The van der Waals surface area contributed by atoms with Crippen LogP contribution in [0.2, 0.25) is 10.0 Å². The molecule has 0 fully saturated rings. The highest BCUT2D eigenvalue weighted by Gasteiger charge is 2.27. The SMILES string of the molecule is CN1Cc2c(Cl)cc(Cl)cc2C(c2cccc(NC(=O)C3=CNCN3)c2)C1. The third-order valence-corrected chi connectivity index (χ3v) is 5.47. The first-order valence-electron chi connectivity index (χ1n) is 8.76. The number of carbonyl (C=O) groups is 1. The van der Waals surface area contributed by atoms with Gasteiger partial charge in [0.05, 0.1) is 6.67 Å². The predicted molar refractivity (Wildman–Crippen MR) is 109 cm³/mol. The Morgan fingerprint density at radius 3 is 2.89 bits per heavy atom. The number of benzene rings is 2. The van der Waals surface area contributed by atoms with Crippen LogP contribution in [0.25, 0.3) is 0 Å². The molecule has 5 nitrogen and oxygen atoms in total. The summed E-state index contributed by atoms with van der Waals surface area (Å²) >= 11 is 12.7. The molecule has 1 amide bonds. The van der Waals surface area contributed by atoms with Gasteiger partial charge in [-0.2, -0.15) is 0 Å². The Balaban J connectivity index is 1.65. The summed E-state index contributed by atoms with van der Waals surface area (Å²) in [6.45, 7) is 2.22. The quantitative estimate of drug-likeness (QED) is 0.735. The minimum Gasteiger partial charge on any atom is -0.372 e. The topological polar surface area (TPSA) is 56.4 Å². The highest BCUT2D eigenvalue weighted by Crippen LogP contribution is 2.38. The van der Waals surface area contributed by atoms with E-state index in [0.717, 1.165) is 35.5 Å². The van der Waals surface area contributed by atoms with Gasteiger partial charge in [-0.15, -0.1) is 0 Å². The van der Waals surface area contributed by atoms with Crippen LogP contribution < -0.4 is 16.0 Å². The third kappa shape index (κ3) is 3.76. The van der Waals surface area contributed by atoms with E-state index >= 15 is 0 Å². The van der Waals surface area contributed by atoms with E-state index in [4.69, 9.17) is 23.2 Å². The molecule has 140 valence electrons. The van der Waals surface area contributed by atoms with Gasteiger partial charge < -0.3 is 20.9 Å². The number of fused-ring (bicyclic) bond motifs is 1. The van der Waals surface area contributed by atoms with Crippen molar-refractivity contribution in [2.45, 2.75) is 12.5 Å². The van der Waals surface area contributed by atoms with Gasteiger partial charge in [-0.05, 0) is 48.0 Å². The Morgan fingerprint density at radius 1 is 1.26 bits per heavy atom. The van der Waals surface area contributed by atoms with Gasteiger partial charge in [0, 0.05) is 40.9 Å². The fraction of sp³-hybridized carbons (Fsp3) is 0.250. The van der Waals surface area contributed by atoms with E-state index in [1.807, 2.05) is 24.3 Å². The number of likely N-dealkylation sites (N-methyl/N-ethyl adjacent to an activating group) is 1. The van der Waals surface area contributed by atoms with Crippen molar-refractivity contribution >= 4 is 34.8 Å². The maximum absolute atomic E-state index is 12.3. The molecule has 1 unspecified atom stereocenters. The number of nitrogens with one attached hydrogen (secondary N) is 3. The number of hydrogen-bond acceptors (Lipinski definition) is 4.